The Labute approximate surface area is 104 Å². The molecule has 18 heavy (non-hydrogen) atoms. The summed E-state index contributed by atoms with van der Waals surface area (Å²) in [4.78, 5) is 22.5. The van der Waals surface area contributed by atoms with Crippen LogP contribution >= 0.6 is 0 Å². The normalized spacial score (nSPS) is 10.4. The molecule has 0 unspecified atom stereocenters. The van der Waals surface area contributed by atoms with Crippen LogP contribution < -0.4 is 5.32 Å². The molecule has 1 aromatic carbocycles. The van der Waals surface area contributed by atoms with Crippen LogP contribution in [0.2, 0.25) is 0 Å². The number of hydrogen-bond acceptors (Lipinski definition) is 4. The predicted octanol–water partition coefficient (Wildman–Crippen LogP) is -0.603. The Balaban J connectivity index is 2.73. The number of nitrogens with one attached hydrogen (secondary N) is 1. The van der Waals surface area contributed by atoms with E-state index in [-0.39, 0.29) is 25.2 Å². The van der Waals surface area contributed by atoms with Gasteiger partial charge < -0.3 is 20.6 Å². The first kappa shape index (κ1) is 14.1. The smallest absolute Gasteiger partial charge is 0.335 e. The number of rotatable bonds is 6. The molecule has 0 aliphatic rings. The lowest BCUT2D eigenvalue weighted by Gasteiger charge is -2.13. The Morgan fingerprint density at radius 1 is 1.17 bits per heavy atom. The molecule has 0 bridgehead atoms. The summed E-state index contributed by atoms with van der Waals surface area (Å²) < 4.78 is 0. The van der Waals surface area contributed by atoms with Gasteiger partial charge in [-0.3, -0.25) is 4.79 Å². The highest BCUT2D eigenvalue weighted by Gasteiger charge is 2.14. The maximum Gasteiger partial charge on any atom is 0.335 e. The van der Waals surface area contributed by atoms with E-state index in [1.165, 1.54) is 6.07 Å². The third kappa shape index (κ3) is 3.83. The van der Waals surface area contributed by atoms with E-state index < -0.39 is 17.9 Å². The average Bonchev–Trinajstić information content (AvgIpc) is 2.36. The zero-order valence-electron chi connectivity index (χ0n) is 9.67. The first-order valence-corrected chi connectivity index (χ1v) is 5.40. The molecule has 1 amide bonds. The average molecular weight is 253 g/mol. The Morgan fingerprint density at radius 3 is 2.33 bits per heavy atom. The van der Waals surface area contributed by atoms with Crippen molar-refractivity contribution in [1.29, 1.82) is 0 Å². The highest BCUT2D eigenvalue weighted by molar-refractivity contribution is 5.91. The third-order valence-electron chi connectivity index (χ3n) is 2.40. The zero-order valence-corrected chi connectivity index (χ0v) is 9.67. The van der Waals surface area contributed by atoms with E-state index in [0.717, 1.165) is 0 Å². The Bertz CT molecular complexity index is 428. The second-order valence-electron chi connectivity index (χ2n) is 3.77. The van der Waals surface area contributed by atoms with Gasteiger partial charge in [-0.1, -0.05) is 18.2 Å². The molecule has 6 heteroatoms. The van der Waals surface area contributed by atoms with Crippen molar-refractivity contribution in [3.8, 4) is 0 Å². The first-order chi connectivity index (χ1) is 8.58. The van der Waals surface area contributed by atoms with Crippen LogP contribution in [0.15, 0.2) is 24.3 Å². The van der Waals surface area contributed by atoms with Gasteiger partial charge in [-0.25, -0.2) is 4.79 Å². The van der Waals surface area contributed by atoms with Gasteiger partial charge in [0.1, 0.15) is 0 Å². The van der Waals surface area contributed by atoms with Gasteiger partial charge in [0.2, 0.25) is 5.91 Å². The van der Waals surface area contributed by atoms with E-state index >= 15 is 0 Å². The van der Waals surface area contributed by atoms with Gasteiger partial charge in [0.15, 0.2) is 0 Å². The second kappa shape index (κ2) is 6.73. The fourth-order valence-electron chi connectivity index (χ4n) is 1.48. The van der Waals surface area contributed by atoms with Gasteiger partial charge in [-0.15, -0.1) is 0 Å². The monoisotopic (exact) mass is 253 g/mol. The van der Waals surface area contributed by atoms with Gasteiger partial charge in [-0.2, -0.15) is 0 Å². The Kier molecular flexibility index (Phi) is 5.29. The highest BCUT2D eigenvalue weighted by Crippen LogP contribution is 2.09. The highest BCUT2D eigenvalue weighted by atomic mass is 16.4. The van der Waals surface area contributed by atoms with Crippen molar-refractivity contribution in [2.75, 3.05) is 13.2 Å². The summed E-state index contributed by atoms with van der Waals surface area (Å²) in [7, 11) is 0. The number of aliphatic hydroxyl groups excluding tert-OH is 2. The summed E-state index contributed by atoms with van der Waals surface area (Å²) in [5, 5.41) is 29.0. The zero-order chi connectivity index (χ0) is 13.5. The Morgan fingerprint density at radius 2 is 1.78 bits per heavy atom. The molecule has 0 spiro atoms. The summed E-state index contributed by atoms with van der Waals surface area (Å²) in [5.74, 6) is -1.55. The van der Waals surface area contributed by atoms with Crippen molar-refractivity contribution in [2.45, 2.75) is 12.5 Å². The standard InChI is InChI=1S/C12H15NO5/c14-6-9(7-15)13-11(16)5-8-3-1-2-4-10(8)12(17)18/h1-4,9,14-15H,5-7H2,(H,13,16)(H,17,18). The summed E-state index contributed by atoms with van der Waals surface area (Å²) in [5.41, 5.74) is 0.453. The summed E-state index contributed by atoms with van der Waals surface area (Å²) >= 11 is 0. The lowest BCUT2D eigenvalue weighted by atomic mass is 10.0. The van der Waals surface area contributed by atoms with Crippen molar-refractivity contribution in [3.05, 3.63) is 35.4 Å². The number of benzene rings is 1. The molecule has 0 aliphatic carbocycles. The fraction of sp³-hybridized carbons (Fsp3) is 0.333. The molecule has 0 saturated heterocycles. The number of aliphatic hydroxyl groups is 2. The van der Waals surface area contributed by atoms with E-state index in [1.807, 2.05) is 0 Å². The SMILES string of the molecule is O=C(Cc1ccccc1C(=O)O)NC(CO)CO. The quantitative estimate of drug-likeness (QED) is 0.541. The summed E-state index contributed by atoms with van der Waals surface area (Å²) in [6.45, 7) is -0.744. The molecule has 0 atom stereocenters. The van der Waals surface area contributed by atoms with Crippen LogP contribution in [-0.2, 0) is 11.2 Å². The molecule has 0 radical (unpaired) electrons. The second-order valence-corrected chi connectivity index (χ2v) is 3.77. The molecule has 0 aromatic heterocycles. The van der Waals surface area contributed by atoms with Crippen molar-refractivity contribution in [3.63, 3.8) is 0 Å². The Hall–Kier alpha value is -1.92. The minimum atomic E-state index is -1.10. The van der Waals surface area contributed by atoms with Crippen molar-refractivity contribution in [2.24, 2.45) is 0 Å². The lowest BCUT2D eigenvalue weighted by molar-refractivity contribution is -0.121. The van der Waals surface area contributed by atoms with Gasteiger partial charge in [0, 0.05) is 0 Å². The van der Waals surface area contributed by atoms with E-state index in [0.29, 0.717) is 5.56 Å². The summed E-state index contributed by atoms with van der Waals surface area (Å²) in [6.07, 6.45) is -0.112. The molecule has 0 saturated carbocycles. The number of amides is 1. The van der Waals surface area contributed by atoms with Gasteiger partial charge in [-0.05, 0) is 11.6 Å². The number of hydrogen-bond donors (Lipinski definition) is 4. The molecule has 6 nitrogen and oxygen atoms in total. The molecular weight excluding hydrogens is 238 g/mol. The molecule has 0 aliphatic heterocycles. The minimum Gasteiger partial charge on any atom is -0.478 e. The van der Waals surface area contributed by atoms with Crippen molar-refractivity contribution in [1.82, 2.24) is 5.32 Å². The number of carboxylic acids is 1. The number of carbonyl (C=O) groups is 2. The number of carboxylic acid groups (broad SMARTS) is 1. The van der Waals surface area contributed by atoms with Crippen LogP contribution in [0.25, 0.3) is 0 Å². The molecule has 1 rings (SSSR count). The maximum atomic E-state index is 11.6. The predicted molar refractivity (Wildman–Crippen MR) is 63.2 cm³/mol. The van der Waals surface area contributed by atoms with Gasteiger partial charge in [0.25, 0.3) is 0 Å². The molecule has 0 heterocycles. The summed E-state index contributed by atoms with van der Waals surface area (Å²) in [6, 6.07) is 5.46. The van der Waals surface area contributed by atoms with Crippen LogP contribution in [0.5, 0.6) is 0 Å². The lowest BCUT2D eigenvalue weighted by Crippen LogP contribution is -2.41. The molecule has 1 aromatic rings. The van der Waals surface area contributed by atoms with Crippen LogP contribution in [0.3, 0.4) is 0 Å². The van der Waals surface area contributed by atoms with Gasteiger partial charge in [0.05, 0.1) is 31.2 Å². The van der Waals surface area contributed by atoms with Crippen LogP contribution in [0, 0.1) is 0 Å². The van der Waals surface area contributed by atoms with E-state index in [2.05, 4.69) is 5.32 Å². The van der Waals surface area contributed by atoms with E-state index in [4.69, 9.17) is 15.3 Å². The molecular formula is C12H15NO5. The van der Waals surface area contributed by atoms with Crippen LogP contribution in [0.4, 0.5) is 0 Å². The van der Waals surface area contributed by atoms with Crippen molar-refractivity contribution < 1.29 is 24.9 Å². The number of aromatic carboxylic acids is 1. The molecule has 98 valence electrons. The molecule has 0 fully saturated rings. The topological polar surface area (TPSA) is 107 Å². The third-order valence-corrected chi connectivity index (χ3v) is 2.40. The minimum absolute atomic E-state index is 0.0668. The number of carbonyl (C=O) groups excluding carboxylic acids is 1. The van der Waals surface area contributed by atoms with Crippen LogP contribution in [-0.4, -0.2) is 46.5 Å². The van der Waals surface area contributed by atoms with E-state index in [1.54, 1.807) is 18.2 Å². The van der Waals surface area contributed by atoms with Crippen LogP contribution in [0.1, 0.15) is 15.9 Å². The van der Waals surface area contributed by atoms with Crippen molar-refractivity contribution >= 4 is 11.9 Å². The fourth-order valence-corrected chi connectivity index (χ4v) is 1.48. The maximum absolute atomic E-state index is 11.6. The van der Waals surface area contributed by atoms with E-state index in [9.17, 15) is 9.59 Å². The van der Waals surface area contributed by atoms with Gasteiger partial charge >= 0.3 is 5.97 Å². The molecule has 4 N–H and O–H groups in total. The largest absolute Gasteiger partial charge is 0.478 e. The first-order valence-electron chi connectivity index (χ1n) is 5.40.